The van der Waals surface area contributed by atoms with Crippen LogP contribution in [0.25, 0.3) is 22.5 Å². The number of rotatable bonds is 2. The number of nitrogens with two attached hydrogens (primary N) is 1. The lowest BCUT2D eigenvalue weighted by atomic mass is 10.0. The summed E-state index contributed by atoms with van der Waals surface area (Å²) >= 11 is 5.89. The number of carbonyl (C=O) groups is 1. The Morgan fingerprint density at radius 3 is 2.36 bits per heavy atom. The summed E-state index contributed by atoms with van der Waals surface area (Å²) in [6, 6.07) is 11.2. The highest BCUT2D eigenvalue weighted by molar-refractivity contribution is 6.30. The van der Waals surface area contributed by atoms with Crippen LogP contribution >= 0.6 is 11.6 Å². The molecule has 0 saturated heterocycles. The molecule has 0 aliphatic heterocycles. The van der Waals surface area contributed by atoms with Gasteiger partial charge in [0.25, 0.3) is 0 Å². The standard InChI is InChI=1S/C15H10ClN5.C2HF3O2/c16-10-3-1-9(2-4-10)13-5-11(14-7-19-8-20-14)12(6-17)15(18)21-13;3-2(4,5)1(6)7/h1-5,7-8H,(H2,18,21)(H,19,20);(H,6,7). The van der Waals surface area contributed by atoms with E-state index >= 15 is 0 Å². The number of aliphatic carboxylic acids is 1. The van der Waals surface area contributed by atoms with Gasteiger partial charge in [0, 0.05) is 16.1 Å². The highest BCUT2D eigenvalue weighted by atomic mass is 35.5. The average Bonchev–Trinajstić information content (AvgIpc) is 3.16. The first-order chi connectivity index (χ1) is 13.1. The number of nitrogen functional groups attached to an aromatic ring is 1. The molecule has 144 valence electrons. The second-order valence-electron chi connectivity index (χ2n) is 5.20. The van der Waals surface area contributed by atoms with E-state index in [1.54, 1.807) is 24.7 Å². The Morgan fingerprint density at radius 1 is 1.29 bits per heavy atom. The zero-order valence-corrected chi connectivity index (χ0v) is 14.6. The minimum absolute atomic E-state index is 0.189. The molecule has 0 atom stereocenters. The van der Waals surface area contributed by atoms with Gasteiger partial charge in [-0.15, -0.1) is 0 Å². The smallest absolute Gasteiger partial charge is 0.475 e. The topological polar surface area (TPSA) is 129 Å². The molecule has 3 rings (SSSR count). The lowest BCUT2D eigenvalue weighted by Crippen LogP contribution is -2.21. The molecule has 2 aromatic heterocycles. The fraction of sp³-hybridized carbons (Fsp3) is 0.0588. The summed E-state index contributed by atoms with van der Waals surface area (Å²) in [5.74, 6) is -2.57. The zero-order valence-electron chi connectivity index (χ0n) is 13.8. The highest BCUT2D eigenvalue weighted by Gasteiger charge is 2.38. The Bertz CT molecular complexity index is 1010. The molecule has 11 heteroatoms. The van der Waals surface area contributed by atoms with Crippen LogP contribution in [0.1, 0.15) is 5.56 Å². The maximum Gasteiger partial charge on any atom is 0.490 e. The maximum atomic E-state index is 10.6. The molecule has 0 saturated carbocycles. The molecule has 1 aromatic carbocycles. The van der Waals surface area contributed by atoms with Gasteiger partial charge in [-0.25, -0.2) is 14.8 Å². The molecule has 7 nitrogen and oxygen atoms in total. The van der Waals surface area contributed by atoms with Crippen molar-refractivity contribution in [2.45, 2.75) is 6.18 Å². The fourth-order valence-electron chi connectivity index (χ4n) is 2.07. The number of pyridine rings is 1. The van der Waals surface area contributed by atoms with Crippen molar-refractivity contribution >= 4 is 23.4 Å². The van der Waals surface area contributed by atoms with Crippen molar-refractivity contribution in [3.8, 4) is 28.6 Å². The van der Waals surface area contributed by atoms with Crippen molar-refractivity contribution in [3.05, 3.63) is 53.4 Å². The Hall–Kier alpha value is -3.58. The van der Waals surface area contributed by atoms with Crippen LogP contribution < -0.4 is 5.73 Å². The monoisotopic (exact) mass is 409 g/mol. The van der Waals surface area contributed by atoms with E-state index in [4.69, 9.17) is 27.2 Å². The van der Waals surface area contributed by atoms with E-state index in [-0.39, 0.29) is 5.82 Å². The quantitative estimate of drug-likeness (QED) is 0.589. The van der Waals surface area contributed by atoms with E-state index in [1.807, 2.05) is 18.2 Å². The Kier molecular flexibility index (Phi) is 6.22. The number of aromatic nitrogens is 3. The molecular formula is C17H11ClF3N5O2. The number of H-pyrrole nitrogens is 1. The van der Waals surface area contributed by atoms with Gasteiger partial charge in [0.2, 0.25) is 0 Å². The van der Waals surface area contributed by atoms with Crippen LogP contribution in [0, 0.1) is 11.3 Å². The predicted molar refractivity (Wildman–Crippen MR) is 95.1 cm³/mol. The Morgan fingerprint density at radius 2 is 1.89 bits per heavy atom. The van der Waals surface area contributed by atoms with Crippen molar-refractivity contribution < 1.29 is 23.1 Å². The average molecular weight is 410 g/mol. The first-order valence-electron chi connectivity index (χ1n) is 7.39. The molecule has 2 heterocycles. The Labute approximate surface area is 161 Å². The number of carboxylic acid groups (broad SMARTS) is 1. The summed E-state index contributed by atoms with van der Waals surface area (Å²) in [6.07, 6.45) is -1.89. The lowest BCUT2D eigenvalue weighted by molar-refractivity contribution is -0.192. The third-order valence-corrected chi connectivity index (χ3v) is 3.58. The molecule has 28 heavy (non-hydrogen) atoms. The van der Waals surface area contributed by atoms with Gasteiger partial charge in [-0.3, -0.25) is 0 Å². The summed E-state index contributed by atoms with van der Waals surface area (Å²) in [4.78, 5) is 20.1. The number of halogens is 4. The number of imidazole rings is 1. The van der Waals surface area contributed by atoms with Crippen LogP contribution in [-0.4, -0.2) is 32.2 Å². The molecule has 0 unspecified atom stereocenters. The van der Waals surface area contributed by atoms with E-state index in [1.165, 1.54) is 0 Å². The highest BCUT2D eigenvalue weighted by Crippen LogP contribution is 2.30. The van der Waals surface area contributed by atoms with Crippen molar-refractivity contribution in [3.63, 3.8) is 0 Å². The molecule has 0 fully saturated rings. The van der Waals surface area contributed by atoms with E-state index in [0.717, 1.165) is 11.3 Å². The van der Waals surface area contributed by atoms with Gasteiger partial charge in [0.05, 0.1) is 23.9 Å². The summed E-state index contributed by atoms with van der Waals surface area (Å²) in [5.41, 5.74) is 9.18. The SMILES string of the molecule is N#Cc1c(-c2cnc[nH]2)cc(-c2ccc(Cl)cc2)nc1N.O=C(O)C(F)(F)F. The van der Waals surface area contributed by atoms with Gasteiger partial charge in [-0.05, 0) is 18.2 Å². The number of nitriles is 1. The molecule has 4 N–H and O–H groups in total. The molecule has 0 aliphatic carbocycles. The number of nitrogens with zero attached hydrogens (tertiary/aromatic N) is 3. The first-order valence-corrected chi connectivity index (χ1v) is 7.76. The second-order valence-corrected chi connectivity index (χ2v) is 5.64. The second kappa shape index (κ2) is 8.41. The summed E-state index contributed by atoms with van der Waals surface area (Å²) in [5, 5.41) is 17.0. The van der Waals surface area contributed by atoms with Crippen molar-refractivity contribution in [1.29, 1.82) is 5.26 Å². The van der Waals surface area contributed by atoms with Crippen LogP contribution in [-0.2, 0) is 4.79 Å². The van der Waals surface area contributed by atoms with Crippen molar-refractivity contribution in [2.75, 3.05) is 5.73 Å². The number of benzene rings is 1. The predicted octanol–water partition coefficient (Wildman–Crippen LogP) is 3.88. The molecule has 0 aliphatic rings. The van der Waals surface area contributed by atoms with Gasteiger partial charge in [0.1, 0.15) is 17.5 Å². The maximum absolute atomic E-state index is 10.6. The number of nitrogens with one attached hydrogen (secondary N) is 1. The van der Waals surface area contributed by atoms with Gasteiger partial charge in [0.15, 0.2) is 0 Å². The lowest BCUT2D eigenvalue weighted by Gasteiger charge is -2.08. The largest absolute Gasteiger partial charge is 0.490 e. The fourth-order valence-corrected chi connectivity index (χ4v) is 2.19. The number of hydrogen-bond donors (Lipinski definition) is 3. The third-order valence-electron chi connectivity index (χ3n) is 3.33. The molecule has 0 radical (unpaired) electrons. The molecule has 3 aromatic rings. The van der Waals surface area contributed by atoms with E-state index < -0.39 is 12.1 Å². The van der Waals surface area contributed by atoms with E-state index in [2.05, 4.69) is 21.0 Å². The molecule has 0 amide bonds. The number of alkyl halides is 3. The molecule has 0 bridgehead atoms. The summed E-state index contributed by atoms with van der Waals surface area (Å²) < 4.78 is 31.7. The van der Waals surface area contributed by atoms with Gasteiger partial charge in [-0.1, -0.05) is 23.7 Å². The van der Waals surface area contributed by atoms with Crippen LogP contribution in [0.5, 0.6) is 0 Å². The zero-order chi connectivity index (χ0) is 20.9. The van der Waals surface area contributed by atoms with Crippen LogP contribution in [0.15, 0.2) is 42.9 Å². The summed E-state index contributed by atoms with van der Waals surface area (Å²) in [7, 11) is 0. The summed E-state index contributed by atoms with van der Waals surface area (Å²) in [6.45, 7) is 0. The molecule has 0 spiro atoms. The van der Waals surface area contributed by atoms with Gasteiger partial charge in [-0.2, -0.15) is 18.4 Å². The van der Waals surface area contributed by atoms with Gasteiger partial charge >= 0.3 is 12.1 Å². The van der Waals surface area contributed by atoms with Crippen LogP contribution in [0.3, 0.4) is 0 Å². The van der Waals surface area contributed by atoms with Gasteiger partial charge < -0.3 is 15.8 Å². The molecular weight excluding hydrogens is 399 g/mol. The minimum atomic E-state index is -5.08. The normalized spacial score (nSPS) is 10.5. The number of carboxylic acids is 1. The minimum Gasteiger partial charge on any atom is -0.475 e. The number of anilines is 1. The number of hydrogen-bond acceptors (Lipinski definition) is 5. The number of aromatic amines is 1. The first kappa shape index (κ1) is 20.7. The van der Waals surface area contributed by atoms with Crippen molar-refractivity contribution in [1.82, 2.24) is 15.0 Å². The third kappa shape index (κ3) is 4.99. The van der Waals surface area contributed by atoms with Crippen LogP contribution in [0.4, 0.5) is 19.0 Å². The van der Waals surface area contributed by atoms with E-state index in [0.29, 0.717) is 21.8 Å². The van der Waals surface area contributed by atoms with Crippen molar-refractivity contribution in [2.24, 2.45) is 0 Å². The van der Waals surface area contributed by atoms with Crippen LogP contribution in [0.2, 0.25) is 5.02 Å². The Balaban J connectivity index is 0.000000345. The van der Waals surface area contributed by atoms with E-state index in [9.17, 15) is 18.4 Å².